The van der Waals surface area contributed by atoms with Crippen molar-refractivity contribution in [1.82, 2.24) is 0 Å². The fraction of sp³-hybridized carbons (Fsp3) is 0.316. The van der Waals surface area contributed by atoms with Gasteiger partial charge >= 0.3 is 0 Å². The minimum atomic E-state index is -0.299. The van der Waals surface area contributed by atoms with E-state index in [1.54, 1.807) is 0 Å². The van der Waals surface area contributed by atoms with Gasteiger partial charge in [0.1, 0.15) is 0 Å². The van der Waals surface area contributed by atoms with Crippen LogP contribution in [0.1, 0.15) is 31.3 Å². The van der Waals surface area contributed by atoms with Gasteiger partial charge in [-0.15, -0.1) is 0 Å². The monoisotopic (exact) mass is 311 g/mol. The van der Waals surface area contributed by atoms with Gasteiger partial charge in [0.25, 0.3) is 0 Å². The van der Waals surface area contributed by atoms with Crippen LogP contribution in [0.25, 0.3) is 11.1 Å². The lowest BCUT2D eigenvalue weighted by molar-refractivity contribution is -0.0441. The Morgan fingerprint density at radius 2 is 1.83 bits per heavy atom. The van der Waals surface area contributed by atoms with Gasteiger partial charge in [0, 0.05) is 5.56 Å². The molecule has 1 heterocycles. The molecule has 0 N–H and O–H groups in total. The van der Waals surface area contributed by atoms with Crippen molar-refractivity contribution in [3.8, 4) is 16.9 Å². The summed E-state index contributed by atoms with van der Waals surface area (Å²) in [6, 6.07) is 14.1. The molecule has 120 valence electrons. The van der Waals surface area contributed by atoms with E-state index in [1.165, 1.54) is 0 Å². The molecule has 4 heteroatoms. The Hall–Kier alpha value is -2.17. The van der Waals surface area contributed by atoms with Crippen molar-refractivity contribution in [3.05, 3.63) is 53.6 Å². The minimum Gasteiger partial charge on any atom is -0.357 e. The van der Waals surface area contributed by atoms with Crippen molar-refractivity contribution >= 4 is 5.71 Å². The third-order valence-corrected chi connectivity index (χ3v) is 3.66. The van der Waals surface area contributed by atoms with Crippen LogP contribution < -0.4 is 4.84 Å². The Kier molecular flexibility index (Phi) is 4.74. The van der Waals surface area contributed by atoms with Crippen LogP contribution in [0.5, 0.6) is 5.75 Å². The summed E-state index contributed by atoms with van der Waals surface area (Å²) < 4.78 is 11.4. The predicted molar refractivity (Wildman–Crippen MR) is 90.7 cm³/mol. The maximum absolute atomic E-state index is 5.72. The zero-order valence-electron chi connectivity index (χ0n) is 13.7. The number of ether oxygens (including phenoxy) is 2. The zero-order valence-corrected chi connectivity index (χ0v) is 13.7. The standard InChI is InChI=1S/C19H21NO3/c1-13(2)20-23-16-8-5-7-15(12-16)17-9-4-6-14(3)18(17)19-21-10-11-22-19/h4-9,12,19H,10-11H2,1-3H3. The molecule has 3 rings (SSSR count). The number of oxime groups is 1. The summed E-state index contributed by atoms with van der Waals surface area (Å²) in [6.45, 7) is 7.14. The summed E-state index contributed by atoms with van der Waals surface area (Å²) >= 11 is 0. The van der Waals surface area contributed by atoms with Gasteiger partial charge in [-0.3, -0.25) is 0 Å². The molecule has 1 aliphatic rings. The van der Waals surface area contributed by atoms with Crippen LogP contribution in [0.2, 0.25) is 0 Å². The van der Waals surface area contributed by atoms with E-state index >= 15 is 0 Å². The summed E-state index contributed by atoms with van der Waals surface area (Å²) in [7, 11) is 0. The van der Waals surface area contributed by atoms with Gasteiger partial charge in [0.15, 0.2) is 12.0 Å². The summed E-state index contributed by atoms with van der Waals surface area (Å²) in [5, 5.41) is 4.01. The second-order valence-electron chi connectivity index (χ2n) is 5.77. The summed E-state index contributed by atoms with van der Waals surface area (Å²) in [4.78, 5) is 5.45. The molecule has 0 amide bonds. The second-order valence-corrected chi connectivity index (χ2v) is 5.77. The molecular weight excluding hydrogens is 290 g/mol. The normalized spacial score (nSPS) is 14.7. The van der Waals surface area contributed by atoms with E-state index < -0.39 is 0 Å². The van der Waals surface area contributed by atoms with Crippen LogP contribution in [0.3, 0.4) is 0 Å². The maximum atomic E-state index is 5.72. The molecule has 0 unspecified atom stereocenters. The van der Waals surface area contributed by atoms with Gasteiger partial charge < -0.3 is 14.3 Å². The minimum absolute atomic E-state index is 0.299. The van der Waals surface area contributed by atoms with E-state index in [0.717, 1.165) is 28.0 Å². The number of hydrogen-bond acceptors (Lipinski definition) is 4. The Bertz CT molecular complexity index is 714. The van der Waals surface area contributed by atoms with Gasteiger partial charge in [-0.2, -0.15) is 0 Å². The van der Waals surface area contributed by atoms with Gasteiger partial charge in [0.2, 0.25) is 0 Å². The summed E-state index contributed by atoms with van der Waals surface area (Å²) in [5.74, 6) is 0.712. The molecule has 1 fully saturated rings. The largest absolute Gasteiger partial charge is 0.357 e. The van der Waals surface area contributed by atoms with Gasteiger partial charge in [-0.25, -0.2) is 0 Å². The molecule has 4 nitrogen and oxygen atoms in total. The molecule has 1 saturated heterocycles. The van der Waals surface area contributed by atoms with Crippen molar-refractivity contribution in [2.45, 2.75) is 27.1 Å². The number of benzene rings is 2. The highest BCUT2D eigenvalue weighted by molar-refractivity contribution is 5.78. The lowest BCUT2D eigenvalue weighted by Crippen LogP contribution is -2.03. The molecule has 0 atom stereocenters. The first-order chi connectivity index (χ1) is 11.1. The first kappa shape index (κ1) is 15.7. The lowest BCUT2D eigenvalue weighted by atomic mass is 9.95. The van der Waals surface area contributed by atoms with Gasteiger partial charge in [-0.05, 0) is 49.6 Å². The highest BCUT2D eigenvalue weighted by Gasteiger charge is 2.23. The van der Waals surface area contributed by atoms with Gasteiger partial charge in [-0.1, -0.05) is 35.5 Å². The highest BCUT2D eigenvalue weighted by atomic mass is 16.7. The number of hydrogen-bond donors (Lipinski definition) is 0. The third kappa shape index (κ3) is 3.60. The molecule has 0 aliphatic carbocycles. The first-order valence-electron chi connectivity index (χ1n) is 7.76. The van der Waals surface area contributed by atoms with E-state index in [9.17, 15) is 0 Å². The van der Waals surface area contributed by atoms with Crippen molar-refractivity contribution in [3.63, 3.8) is 0 Å². The lowest BCUT2D eigenvalue weighted by Gasteiger charge is -2.18. The fourth-order valence-electron chi connectivity index (χ4n) is 2.63. The van der Waals surface area contributed by atoms with Crippen LogP contribution in [-0.4, -0.2) is 18.9 Å². The first-order valence-corrected chi connectivity index (χ1v) is 7.76. The van der Waals surface area contributed by atoms with Crippen LogP contribution >= 0.6 is 0 Å². The second kappa shape index (κ2) is 6.94. The molecule has 0 saturated carbocycles. The van der Waals surface area contributed by atoms with E-state index in [-0.39, 0.29) is 6.29 Å². The van der Waals surface area contributed by atoms with Crippen LogP contribution in [0.15, 0.2) is 47.6 Å². The number of nitrogens with zero attached hydrogens (tertiary/aromatic N) is 1. The molecule has 1 aliphatic heterocycles. The van der Waals surface area contributed by atoms with Crippen LogP contribution in [-0.2, 0) is 9.47 Å². The smallest absolute Gasteiger partial charge is 0.184 e. The summed E-state index contributed by atoms with van der Waals surface area (Å²) in [6.07, 6.45) is -0.299. The summed E-state index contributed by atoms with van der Waals surface area (Å²) in [5.41, 5.74) is 5.27. The Morgan fingerprint density at radius 1 is 1.09 bits per heavy atom. The third-order valence-electron chi connectivity index (χ3n) is 3.66. The average molecular weight is 311 g/mol. The van der Waals surface area contributed by atoms with Crippen LogP contribution in [0.4, 0.5) is 0 Å². The van der Waals surface area contributed by atoms with Crippen molar-refractivity contribution in [2.75, 3.05) is 13.2 Å². The molecule has 0 bridgehead atoms. The Labute approximate surface area is 136 Å². The average Bonchev–Trinajstić information content (AvgIpc) is 3.07. The van der Waals surface area contributed by atoms with Crippen molar-refractivity contribution in [2.24, 2.45) is 5.16 Å². The highest BCUT2D eigenvalue weighted by Crippen LogP contribution is 2.36. The zero-order chi connectivity index (χ0) is 16.2. The molecular formula is C19H21NO3. The SMILES string of the molecule is CC(C)=NOc1cccc(-c2cccc(C)c2C2OCCO2)c1. The Morgan fingerprint density at radius 3 is 2.57 bits per heavy atom. The predicted octanol–water partition coefficient (Wildman–Crippen LogP) is 4.48. The Balaban J connectivity index is 2.00. The quantitative estimate of drug-likeness (QED) is 0.617. The topological polar surface area (TPSA) is 40.0 Å². The molecule has 0 aromatic heterocycles. The van der Waals surface area contributed by atoms with Crippen LogP contribution in [0, 0.1) is 6.92 Å². The van der Waals surface area contributed by atoms with E-state index in [0.29, 0.717) is 19.0 Å². The maximum Gasteiger partial charge on any atom is 0.184 e. The molecule has 2 aromatic carbocycles. The van der Waals surface area contributed by atoms with Crippen molar-refractivity contribution < 1.29 is 14.3 Å². The van der Waals surface area contributed by atoms with E-state index in [4.69, 9.17) is 14.3 Å². The van der Waals surface area contributed by atoms with E-state index in [1.807, 2.05) is 38.1 Å². The molecule has 0 spiro atoms. The van der Waals surface area contributed by atoms with Crippen molar-refractivity contribution in [1.29, 1.82) is 0 Å². The number of aryl methyl sites for hydroxylation is 1. The van der Waals surface area contributed by atoms with E-state index in [2.05, 4.69) is 30.3 Å². The van der Waals surface area contributed by atoms with Gasteiger partial charge in [0.05, 0.1) is 18.9 Å². The number of rotatable bonds is 4. The molecule has 2 aromatic rings. The molecule has 0 radical (unpaired) electrons. The molecule has 23 heavy (non-hydrogen) atoms. The fourth-order valence-corrected chi connectivity index (χ4v) is 2.63.